The fraction of sp³-hybridized carbons (Fsp3) is 0.375. The van der Waals surface area contributed by atoms with Crippen LogP contribution in [0, 0.1) is 0 Å². The Morgan fingerprint density at radius 2 is 1.60 bits per heavy atom. The number of nitrogens with one attached hydrogen (secondary N) is 2. The number of hydrogen-bond acceptors (Lipinski definition) is 5. The highest BCUT2D eigenvalue weighted by Gasteiger charge is 2.54. The van der Waals surface area contributed by atoms with Crippen molar-refractivity contribution in [1.82, 2.24) is 14.5 Å². The van der Waals surface area contributed by atoms with Gasteiger partial charge in [0.25, 0.3) is 0 Å². The first-order chi connectivity index (χ1) is 16.7. The summed E-state index contributed by atoms with van der Waals surface area (Å²) in [5.74, 6) is -1.43. The zero-order valence-corrected chi connectivity index (χ0v) is 20.0. The van der Waals surface area contributed by atoms with E-state index in [-0.39, 0.29) is 51.2 Å². The van der Waals surface area contributed by atoms with Gasteiger partial charge in [-0.05, 0) is 37.0 Å². The summed E-state index contributed by atoms with van der Waals surface area (Å²) in [5, 5.41) is 2.89. The van der Waals surface area contributed by atoms with E-state index in [1.54, 1.807) is 30.3 Å². The molecule has 0 unspecified atom stereocenters. The molecule has 0 radical (unpaired) electrons. The second kappa shape index (κ2) is 10.0. The number of piperidine rings is 1. The molecule has 0 bridgehead atoms. The Morgan fingerprint density at radius 3 is 2.20 bits per heavy atom. The summed E-state index contributed by atoms with van der Waals surface area (Å²) >= 11 is 0. The molecule has 2 aliphatic heterocycles. The fourth-order valence-electron chi connectivity index (χ4n) is 4.83. The van der Waals surface area contributed by atoms with Crippen molar-refractivity contribution in [2.24, 2.45) is 5.73 Å². The van der Waals surface area contributed by atoms with Crippen LogP contribution in [-0.4, -0.2) is 60.0 Å². The Balaban J connectivity index is 1.57. The van der Waals surface area contributed by atoms with E-state index in [1.165, 1.54) is 9.21 Å². The normalized spacial score (nSPS) is 20.4. The molecule has 186 valence electrons. The van der Waals surface area contributed by atoms with Crippen molar-refractivity contribution in [3.8, 4) is 0 Å². The van der Waals surface area contributed by atoms with Gasteiger partial charge in [-0.3, -0.25) is 19.1 Å². The highest BCUT2D eigenvalue weighted by molar-refractivity contribution is 7.90. The van der Waals surface area contributed by atoms with E-state index in [4.69, 9.17) is 5.73 Å². The monoisotopic (exact) mass is 499 g/mol. The van der Waals surface area contributed by atoms with Gasteiger partial charge in [0.15, 0.2) is 0 Å². The van der Waals surface area contributed by atoms with Crippen molar-refractivity contribution in [3.05, 3.63) is 66.2 Å². The van der Waals surface area contributed by atoms with Crippen LogP contribution in [0.25, 0.3) is 0 Å². The summed E-state index contributed by atoms with van der Waals surface area (Å²) in [4.78, 5) is 39.9. The van der Waals surface area contributed by atoms with Gasteiger partial charge in [-0.25, -0.2) is 0 Å². The molecule has 2 fully saturated rings. The lowest BCUT2D eigenvalue weighted by Crippen LogP contribution is -2.67. The quantitative estimate of drug-likeness (QED) is 0.496. The van der Waals surface area contributed by atoms with Crippen LogP contribution in [0.4, 0.5) is 5.69 Å². The van der Waals surface area contributed by atoms with E-state index in [1.807, 2.05) is 30.3 Å². The van der Waals surface area contributed by atoms with Crippen LogP contribution in [0.15, 0.2) is 60.7 Å². The second-order valence-electron chi connectivity index (χ2n) is 8.79. The van der Waals surface area contributed by atoms with Crippen molar-refractivity contribution in [3.63, 3.8) is 0 Å². The minimum Gasteiger partial charge on any atom is -0.368 e. The maximum Gasteiger partial charge on any atom is 0.301 e. The topological polar surface area (TPSA) is 142 Å². The number of hydrogen-bond donors (Lipinski definition) is 3. The molecule has 11 heteroatoms. The third-order valence-corrected chi connectivity index (χ3v) is 8.17. The van der Waals surface area contributed by atoms with E-state index in [2.05, 4.69) is 10.0 Å². The minimum absolute atomic E-state index is 0.00378. The molecule has 2 aromatic carbocycles. The lowest BCUT2D eigenvalue weighted by atomic mass is 9.84. The molecule has 1 atom stereocenters. The molecule has 2 aromatic rings. The molecule has 0 spiro atoms. The Bertz CT molecular complexity index is 1180. The molecule has 2 saturated heterocycles. The molecule has 0 saturated carbocycles. The number of nitrogens with zero attached hydrogens (tertiary/aromatic N) is 2. The van der Waals surface area contributed by atoms with Gasteiger partial charge in [-0.15, -0.1) is 0 Å². The van der Waals surface area contributed by atoms with Crippen LogP contribution >= 0.6 is 0 Å². The van der Waals surface area contributed by atoms with Crippen LogP contribution in [0.3, 0.4) is 0 Å². The average molecular weight is 500 g/mol. The molecule has 10 nitrogen and oxygen atoms in total. The van der Waals surface area contributed by atoms with Crippen LogP contribution < -0.4 is 15.8 Å². The van der Waals surface area contributed by atoms with Crippen molar-refractivity contribution >= 4 is 33.6 Å². The van der Waals surface area contributed by atoms with Gasteiger partial charge < -0.3 is 16.0 Å². The third kappa shape index (κ3) is 5.15. The Labute approximate surface area is 204 Å². The highest BCUT2D eigenvalue weighted by Crippen LogP contribution is 2.37. The SMILES string of the molecule is NC(=O)[C@@H]1CCC(=O)N1C1(C(=O)NCc2ccccc2)CCN(S(=O)(=O)Nc2ccccc2)CC1. The first-order valence-electron chi connectivity index (χ1n) is 11.5. The van der Waals surface area contributed by atoms with Gasteiger partial charge in [0.1, 0.15) is 11.6 Å². The maximum atomic E-state index is 13.6. The Hall–Kier alpha value is -3.44. The maximum absolute atomic E-state index is 13.6. The zero-order valence-electron chi connectivity index (χ0n) is 19.2. The van der Waals surface area contributed by atoms with Crippen molar-refractivity contribution < 1.29 is 22.8 Å². The summed E-state index contributed by atoms with van der Waals surface area (Å²) < 4.78 is 29.7. The number of anilines is 1. The van der Waals surface area contributed by atoms with Crippen LogP contribution in [0.5, 0.6) is 0 Å². The second-order valence-corrected chi connectivity index (χ2v) is 10.5. The zero-order chi connectivity index (χ0) is 25.1. The number of amides is 3. The van der Waals surface area contributed by atoms with E-state index in [9.17, 15) is 22.8 Å². The van der Waals surface area contributed by atoms with E-state index in [0.717, 1.165) is 5.56 Å². The minimum atomic E-state index is -3.88. The molecule has 4 rings (SSSR count). The third-order valence-electron chi connectivity index (χ3n) is 6.63. The lowest BCUT2D eigenvalue weighted by molar-refractivity contribution is -0.152. The number of carbonyl (C=O) groups is 3. The summed E-state index contributed by atoms with van der Waals surface area (Å²) in [6, 6.07) is 16.9. The number of likely N-dealkylation sites (tertiary alicyclic amines) is 1. The van der Waals surface area contributed by atoms with Gasteiger partial charge in [-0.1, -0.05) is 48.5 Å². The molecule has 35 heavy (non-hydrogen) atoms. The van der Waals surface area contributed by atoms with Crippen LogP contribution in [0.1, 0.15) is 31.2 Å². The molecular weight excluding hydrogens is 470 g/mol. The summed E-state index contributed by atoms with van der Waals surface area (Å²) in [6.45, 7) is 0.231. The van der Waals surface area contributed by atoms with Gasteiger partial charge in [-0.2, -0.15) is 12.7 Å². The molecule has 2 aliphatic rings. The predicted octanol–water partition coefficient (Wildman–Crippen LogP) is 0.971. The first-order valence-corrected chi connectivity index (χ1v) is 12.9. The number of para-hydroxylation sites is 1. The molecular formula is C24H29N5O5S. The summed E-state index contributed by atoms with van der Waals surface area (Å²) in [7, 11) is -3.88. The van der Waals surface area contributed by atoms with Crippen molar-refractivity contribution in [2.75, 3.05) is 17.8 Å². The Morgan fingerprint density at radius 1 is 1.00 bits per heavy atom. The standard InChI is InChI=1S/C24H29N5O5S/c25-22(31)20-11-12-21(30)29(20)24(23(32)26-17-18-7-3-1-4-8-18)13-15-28(16-14-24)35(33,34)27-19-9-5-2-6-10-19/h1-10,20,27H,11-17H2,(H2,25,31)(H,26,32)/t20-/m0/s1. The molecule has 2 heterocycles. The summed E-state index contributed by atoms with van der Waals surface area (Å²) in [5.41, 5.74) is 5.51. The van der Waals surface area contributed by atoms with Crippen molar-refractivity contribution in [1.29, 1.82) is 0 Å². The van der Waals surface area contributed by atoms with Gasteiger partial charge in [0, 0.05) is 31.7 Å². The van der Waals surface area contributed by atoms with E-state index >= 15 is 0 Å². The predicted molar refractivity (Wildman–Crippen MR) is 130 cm³/mol. The molecule has 0 aromatic heterocycles. The summed E-state index contributed by atoms with van der Waals surface area (Å²) in [6.07, 6.45) is 0.427. The van der Waals surface area contributed by atoms with Crippen LogP contribution in [0.2, 0.25) is 0 Å². The molecule has 0 aliphatic carbocycles. The van der Waals surface area contributed by atoms with Gasteiger partial charge >= 0.3 is 10.2 Å². The lowest BCUT2D eigenvalue weighted by Gasteiger charge is -2.47. The average Bonchev–Trinajstić information content (AvgIpc) is 3.26. The number of rotatable bonds is 8. The van der Waals surface area contributed by atoms with Crippen LogP contribution in [-0.2, 0) is 31.1 Å². The van der Waals surface area contributed by atoms with E-state index < -0.39 is 33.6 Å². The number of primary amides is 1. The van der Waals surface area contributed by atoms with Crippen molar-refractivity contribution in [2.45, 2.75) is 43.8 Å². The largest absolute Gasteiger partial charge is 0.368 e. The number of benzene rings is 2. The highest BCUT2D eigenvalue weighted by atomic mass is 32.2. The van der Waals surface area contributed by atoms with Gasteiger partial charge in [0.05, 0.1) is 0 Å². The fourth-order valence-corrected chi connectivity index (χ4v) is 6.05. The number of nitrogens with two attached hydrogens (primary N) is 1. The molecule has 4 N–H and O–H groups in total. The first kappa shape index (κ1) is 24.7. The molecule has 3 amide bonds. The van der Waals surface area contributed by atoms with Gasteiger partial charge in [0.2, 0.25) is 17.7 Å². The Kier molecular flexibility index (Phi) is 7.08. The number of carbonyl (C=O) groups excluding carboxylic acids is 3. The smallest absolute Gasteiger partial charge is 0.301 e. The van der Waals surface area contributed by atoms with E-state index in [0.29, 0.717) is 5.69 Å².